The quantitative estimate of drug-likeness (QED) is 0.794. The van der Waals surface area contributed by atoms with E-state index in [1.54, 1.807) is 18.2 Å². The number of ether oxygens (including phenoxy) is 1. The normalized spacial score (nSPS) is 18.0. The number of hydrogen-bond acceptors (Lipinski definition) is 8. The van der Waals surface area contributed by atoms with E-state index < -0.39 is 22.0 Å². The second-order valence-electron chi connectivity index (χ2n) is 4.86. The highest BCUT2D eigenvalue weighted by atomic mass is 35.5. The smallest absolute Gasteiger partial charge is 0.331 e. The Morgan fingerprint density at radius 1 is 1.46 bits per heavy atom. The van der Waals surface area contributed by atoms with E-state index in [-0.39, 0.29) is 17.3 Å². The van der Waals surface area contributed by atoms with Crippen molar-refractivity contribution in [1.29, 1.82) is 0 Å². The SMILES string of the molecule is C[C@H](N=C1NS(=O)(=O)c2ccccc21)C(=O)OCc1nnsc1Cl. The molecule has 0 saturated carbocycles. The van der Waals surface area contributed by atoms with Crippen LogP contribution in [0.4, 0.5) is 0 Å². The maximum atomic E-state index is 12.0. The van der Waals surface area contributed by atoms with Gasteiger partial charge in [0, 0.05) is 17.1 Å². The van der Waals surface area contributed by atoms with Crippen LogP contribution >= 0.6 is 23.1 Å². The van der Waals surface area contributed by atoms with Crippen LogP contribution in [0.5, 0.6) is 0 Å². The Balaban J connectivity index is 1.74. The number of fused-ring (bicyclic) bond motifs is 1. The molecule has 0 amide bonds. The van der Waals surface area contributed by atoms with E-state index in [0.29, 0.717) is 15.6 Å². The predicted octanol–water partition coefficient (Wildman–Crippen LogP) is 1.36. The number of carbonyl (C=O) groups excluding carboxylic acids is 1. The van der Waals surface area contributed by atoms with Gasteiger partial charge in [-0.3, -0.25) is 9.71 Å². The number of esters is 1. The highest BCUT2D eigenvalue weighted by molar-refractivity contribution is 7.90. The average molecular weight is 387 g/mol. The molecule has 0 bridgehead atoms. The summed E-state index contributed by atoms with van der Waals surface area (Å²) in [5.41, 5.74) is 0.783. The number of aliphatic imine (C=N–C) groups is 1. The highest BCUT2D eigenvalue weighted by Gasteiger charge is 2.31. The van der Waals surface area contributed by atoms with E-state index >= 15 is 0 Å². The van der Waals surface area contributed by atoms with Gasteiger partial charge in [-0.15, -0.1) is 5.10 Å². The van der Waals surface area contributed by atoms with Crippen molar-refractivity contribution in [3.63, 3.8) is 0 Å². The minimum absolute atomic E-state index is 0.114. The number of nitrogens with one attached hydrogen (secondary N) is 1. The Morgan fingerprint density at radius 2 is 2.21 bits per heavy atom. The van der Waals surface area contributed by atoms with Crippen molar-refractivity contribution in [1.82, 2.24) is 14.3 Å². The van der Waals surface area contributed by atoms with Gasteiger partial charge in [-0.05, 0) is 19.1 Å². The first-order chi connectivity index (χ1) is 11.4. The van der Waals surface area contributed by atoms with E-state index in [4.69, 9.17) is 16.3 Å². The Hall–Kier alpha value is -2.04. The van der Waals surface area contributed by atoms with Crippen LogP contribution in [0.15, 0.2) is 34.2 Å². The van der Waals surface area contributed by atoms with Crippen LogP contribution in [-0.2, 0) is 26.2 Å². The molecule has 11 heteroatoms. The number of carbonyl (C=O) groups is 1. The zero-order valence-electron chi connectivity index (χ0n) is 12.3. The molecule has 1 aliphatic heterocycles. The van der Waals surface area contributed by atoms with E-state index in [1.165, 1.54) is 13.0 Å². The molecule has 1 atom stereocenters. The van der Waals surface area contributed by atoms with Gasteiger partial charge in [-0.25, -0.2) is 13.2 Å². The van der Waals surface area contributed by atoms with Crippen molar-refractivity contribution in [2.24, 2.45) is 4.99 Å². The molecule has 0 spiro atoms. The molecule has 0 aliphatic carbocycles. The van der Waals surface area contributed by atoms with Gasteiger partial charge in [-0.1, -0.05) is 28.2 Å². The maximum absolute atomic E-state index is 12.0. The third kappa shape index (κ3) is 3.25. The highest BCUT2D eigenvalue weighted by Crippen LogP contribution is 2.23. The molecule has 8 nitrogen and oxygen atoms in total. The Bertz CT molecular complexity index is 926. The van der Waals surface area contributed by atoms with E-state index in [0.717, 1.165) is 11.5 Å². The van der Waals surface area contributed by atoms with Crippen molar-refractivity contribution in [3.05, 3.63) is 39.9 Å². The van der Waals surface area contributed by atoms with Crippen LogP contribution in [-0.4, -0.2) is 35.9 Å². The van der Waals surface area contributed by atoms with Gasteiger partial charge in [0.1, 0.15) is 28.5 Å². The number of rotatable bonds is 4. The van der Waals surface area contributed by atoms with Crippen molar-refractivity contribution in [2.45, 2.75) is 24.5 Å². The van der Waals surface area contributed by atoms with Gasteiger partial charge in [0.2, 0.25) is 0 Å². The van der Waals surface area contributed by atoms with E-state index in [2.05, 4.69) is 19.3 Å². The number of amidine groups is 1. The topological polar surface area (TPSA) is 111 Å². The molecule has 1 N–H and O–H groups in total. The Morgan fingerprint density at radius 3 is 2.92 bits per heavy atom. The minimum Gasteiger partial charge on any atom is -0.457 e. The molecule has 0 saturated heterocycles. The van der Waals surface area contributed by atoms with Gasteiger partial charge < -0.3 is 4.74 Å². The summed E-state index contributed by atoms with van der Waals surface area (Å²) in [6.45, 7) is 1.39. The fourth-order valence-corrected chi connectivity index (χ4v) is 3.86. The monoisotopic (exact) mass is 386 g/mol. The number of sulfonamides is 1. The standard InChI is InChI=1S/C13H11ClN4O4S2/c1-7(13(19)22-6-9-11(14)23-18-16-9)15-12-8-4-2-3-5-10(8)24(20,21)17-12/h2-5,7H,6H2,1H3,(H,15,17)/t7-/m0/s1. The summed E-state index contributed by atoms with van der Waals surface area (Å²) in [6, 6.07) is 5.49. The summed E-state index contributed by atoms with van der Waals surface area (Å²) in [4.78, 5) is 16.3. The third-order valence-electron chi connectivity index (χ3n) is 3.19. The molecule has 1 aliphatic rings. The number of halogens is 1. The van der Waals surface area contributed by atoms with Gasteiger partial charge in [0.15, 0.2) is 0 Å². The molecular formula is C13H11ClN4O4S2. The lowest BCUT2D eigenvalue weighted by Gasteiger charge is -2.08. The number of aromatic nitrogens is 2. The van der Waals surface area contributed by atoms with Crippen LogP contribution in [0.1, 0.15) is 18.2 Å². The summed E-state index contributed by atoms with van der Waals surface area (Å²) in [5, 5.41) is 3.73. The van der Waals surface area contributed by atoms with Crippen molar-refractivity contribution >= 4 is 45.0 Å². The zero-order valence-corrected chi connectivity index (χ0v) is 14.7. The minimum atomic E-state index is -3.65. The lowest BCUT2D eigenvalue weighted by Crippen LogP contribution is -2.26. The van der Waals surface area contributed by atoms with Crippen molar-refractivity contribution < 1.29 is 17.9 Å². The van der Waals surface area contributed by atoms with E-state index in [9.17, 15) is 13.2 Å². The molecule has 0 fully saturated rings. The molecule has 1 aromatic heterocycles. The third-order valence-corrected chi connectivity index (χ3v) is 5.57. The maximum Gasteiger partial charge on any atom is 0.331 e. The van der Waals surface area contributed by atoms with Crippen LogP contribution in [0.25, 0.3) is 0 Å². The zero-order chi connectivity index (χ0) is 17.3. The summed E-state index contributed by atoms with van der Waals surface area (Å²) < 4.78 is 35.4. The molecule has 3 rings (SSSR count). The van der Waals surface area contributed by atoms with Gasteiger partial charge in [0.05, 0.1) is 4.90 Å². The molecule has 24 heavy (non-hydrogen) atoms. The number of hydrogen-bond donors (Lipinski definition) is 1. The van der Waals surface area contributed by atoms with Gasteiger partial charge >= 0.3 is 5.97 Å². The lowest BCUT2D eigenvalue weighted by atomic mass is 10.2. The van der Waals surface area contributed by atoms with Gasteiger partial charge in [-0.2, -0.15) is 0 Å². The molecule has 126 valence electrons. The summed E-state index contributed by atoms with van der Waals surface area (Å²) in [6.07, 6.45) is 0. The van der Waals surface area contributed by atoms with Crippen molar-refractivity contribution in [2.75, 3.05) is 0 Å². The van der Waals surface area contributed by atoms with Crippen molar-refractivity contribution in [3.8, 4) is 0 Å². The predicted molar refractivity (Wildman–Crippen MR) is 87.5 cm³/mol. The summed E-state index contributed by atoms with van der Waals surface area (Å²) >= 11 is 6.82. The van der Waals surface area contributed by atoms with E-state index in [1.807, 2.05) is 0 Å². The molecule has 1 aromatic carbocycles. The first-order valence-electron chi connectivity index (χ1n) is 6.72. The molecule has 0 radical (unpaired) electrons. The second kappa shape index (κ2) is 6.46. The van der Waals surface area contributed by atoms with Gasteiger partial charge in [0.25, 0.3) is 10.0 Å². The second-order valence-corrected chi connectivity index (χ2v) is 7.86. The lowest BCUT2D eigenvalue weighted by molar-refractivity contribution is -0.146. The summed E-state index contributed by atoms with van der Waals surface area (Å²) in [5.74, 6) is -0.515. The Kier molecular flexibility index (Phi) is 4.52. The first-order valence-corrected chi connectivity index (χ1v) is 9.35. The first kappa shape index (κ1) is 16.8. The van der Waals surface area contributed by atoms with Crippen LogP contribution in [0.2, 0.25) is 4.34 Å². The largest absolute Gasteiger partial charge is 0.457 e. The van der Waals surface area contributed by atoms with Crippen LogP contribution < -0.4 is 4.72 Å². The number of nitrogens with zero attached hydrogens (tertiary/aromatic N) is 3. The summed E-state index contributed by atoms with van der Waals surface area (Å²) in [7, 11) is -3.65. The van der Waals surface area contributed by atoms with Crippen LogP contribution in [0.3, 0.4) is 0 Å². The number of benzene rings is 1. The molecular weight excluding hydrogens is 376 g/mol. The van der Waals surface area contributed by atoms with Crippen LogP contribution in [0, 0.1) is 0 Å². The Labute approximate surface area is 146 Å². The fraction of sp³-hybridized carbons (Fsp3) is 0.231. The average Bonchev–Trinajstić information content (AvgIpc) is 3.07. The fourth-order valence-electron chi connectivity index (χ4n) is 2.02. The molecule has 2 heterocycles. The molecule has 0 unspecified atom stereocenters. The molecule has 2 aromatic rings.